The second-order valence-corrected chi connectivity index (χ2v) is 15.4. The summed E-state index contributed by atoms with van der Waals surface area (Å²) in [5.74, 6) is 3.70. The summed E-state index contributed by atoms with van der Waals surface area (Å²) in [6, 6.07) is 33.3. The molecule has 0 radical (unpaired) electrons. The van der Waals surface area contributed by atoms with E-state index in [1.165, 1.54) is 17.4 Å². The van der Waals surface area contributed by atoms with E-state index in [0.717, 1.165) is 23.0 Å². The third kappa shape index (κ3) is 2.93. The van der Waals surface area contributed by atoms with E-state index >= 15 is 0 Å². The first kappa shape index (κ1) is 17.4. The molecule has 2 aliphatic rings. The zero-order chi connectivity index (χ0) is 19.2. The number of hydrogen-bond donors (Lipinski definition) is 0. The molecule has 0 amide bonds. The molecule has 0 unspecified atom stereocenters. The van der Waals surface area contributed by atoms with Crippen LogP contribution < -0.4 is 26.9 Å². The van der Waals surface area contributed by atoms with E-state index in [9.17, 15) is 0 Å². The van der Waals surface area contributed by atoms with E-state index in [-0.39, 0.29) is 0 Å². The van der Waals surface area contributed by atoms with E-state index in [4.69, 9.17) is 12.2 Å². The van der Waals surface area contributed by atoms with Crippen molar-refractivity contribution in [3.05, 3.63) is 97.1 Å². The second kappa shape index (κ2) is 7.11. The molecule has 0 saturated carbocycles. The van der Waals surface area contributed by atoms with Gasteiger partial charge >= 0.3 is 180 Å². The van der Waals surface area contributed by atoms with Crippen molar-refractivity contribution in [1.29, 1.82) is 0 Å². The summed E-state index contributed by atoms with van der Waals surface area (Å²) in [5.41, 5.74) is 0. The molecule has 0 saturated heterocycles. The molecule has 2 heterocycles. The number of fused-ring (bicyclic) bond motifs is 4. The average Bonchev–Trinajstić information content (AvgIpc) is 2.78. The summed E-state index contributed by atoms with van der Waals surface area (Å²) in [6.45, 7) is 0. The topological polar surface area (TPSA) is 27.7 Å². The van der Waals surface area contributed by atoms with E-state index in [1.54, 1.807) is 0 Å². The monoisotopic (exact) mass is 502 g/mol. The molecule has 0 fully saturated rings. The van der Waals surface area contributed by atoms with Crippen LogP contribution in [0.3, 0.4) is 0 Å². The number of hydrogen-bond acceptors (Lipinski definition) is 3. The zero-order valence-corrected chi connectivity index (χ0v) is 19.1. The molecule has 0 spiro atoms. The molecular formula is C24H16As2O3. The molecule has 0 bridgehead atoms. The summed E-state index contributed by atoms with van der Waals surface area (Å²) < 4.78 is 24.4. The van der Waals surface area contributed by atoms with Crippen LogP contribution >= 0.6 is 0 Å². The van der Waals surface area contributed by atoms with Crippen LogP contribution in [-0.2, 0) is 2.72 Å². The number of rotatable bonds is 2. The van der Waals surface area contributed by atoms with Crippen LogP contribution in [0.5, 0.6) is 23.0 Å². The fraction of sp³-hybridized carbons (Fsp3) is 0. The Morgan fingerprint density at radius 1 is 0.414 bits per heavy atom. The Morgan fingerprint density at radius 3 is 1.00 bits per heavy atom. The van der Waals surface area contributed by atoms with Gasteiger partial charge in [0, 0.05) is 0 Å². The van der Waals surface area contributed by atoms with Crippen LogP contribution in [0.15, 0.2) is 97.1 Å². The van der Waals surface area contributed by atoms with E-state index in [2.05, 4.69) is 48.5 Å². The molecule has 140 valence electrons. The van der Waals surface area contributed by atoms with Gasteiger partial charge in [0.2, 0.25) is 0 Å². The third-order valence-electron chi connectivity index (χ3n) is 4.94. The standard InChI is InChI=1S/C24H16As2O3/c1-5-13-21-17(9-1)25(18-10-2-6-14-22(18)27-21)29-26-19-11-3-7-15-23(19)28-24-16-8-4-12-20(24)26/h1-16H. The second-order valence-electron chi connectivity index (χ2n) is 6.75. The van der Waals surface area contributed by atoms with Crippen molar-refractivity contribution in [2.24, 2.45) is 0 Å². The molecule has 3 nitrogen and oxygen atoms in total. The maximum absolute atomic E-state index is 7.17. The van der Waals surface area contributed by atoms with E-state index in [1.807, 2.05) is 48.5 Å². The first-order valence-corrected chi connectivity index (χ1v) is 14.7. The molecule has 5 heteroatoms. The SMILES string of the molecule is c1ccc2c(c1)Oc1ccccc1[As]2O[As]1c2ccccc2Oc2ccccc21. The van der Waals surface area contributed by atoms with Gasteiger partial charge < -0.3 is 0 Å². The number of ether oxygens (including phenoxy) is 2. The van der Waals surface area contributed by atoms with E-state index < -0.39 is 30.0 Å². The molecule has 4 aromatic carbocycles. The van der Waals surface area contributed by atoms with Gasteiger partial charge in [-0.2, -0.15) is 0 Å². The van der Waals surface area contributed by atoms with Gasteiger partial charge in [0.15, 0.2) is 0 Å². The van der Waals surface area contributed by atoms with Crippen molar-refractivity contribution in [3.8, 4) is 23.0 Å². The van der Waals surface area contributed by atoms with Crippen molar-refractivity contribution in [2.75, 3.05) is 0 Å². The number of benzene rings is 4. The van der Waals surface area contributed by atoms with Crippen LogP contribution in [0.25, 0.3) is 0 Å². The van der Waals surface area contributed by atoms with Gasteiger partial charge in [-0.15, -0.1) is 0 Å². The summed E-state index contributed by atoms with van der Waals surface area (Å²) in [7, 11) is 0. The van der Waals surface area contributed by atoms with Crippen molar-refractivity contribution in [2.45, 2.75) is 0 Å². The molecule has 6 rings (SSSR count). The molecule has 0 N–H and O–H groups in total. The van der Waals surface area contributed by atoms with Crippen LogP contribution in [0.2, 0.25) is 0 Å². The Balaban J connectivity index is 1.51. The normalized spacial score (nSPS) is 14.6. The zero-order valence-electron chi connectivity index (χ0n) is 15.4. The number of para-hydroxylation sites is 4. The van der Waals surface area contributed by atoms with Gasteiger partial charge in [0.25, 0.3) is 0 Å². The minimum absolute atomic E-state index is 0.926. The molecule has 4 aromatic rings. The third-order valence-corrected chi connectivity index (χ3v) is 16.0. The van der Waals surface area contributed by atoms with Crippen molar-refractivity contribution >= 4 is 47.4 Å². The Kier molecular flexibility index (Phi) is 4.27. The molecule has 0 aromatic heterocycles. The molecule has 29 heavy (non-hydrogen) atoms. The Labute approximate surface area is 179 Å². The van der Waals surface area contributed by atoms with Crippen molar-refractivity contribution in [3.63, 3.8) is 0 Å². The summed E-state index contributed by atoms with van der Waals surface area (Å²) in [4.78, 5) is 0. The van der Waals surface area contributed by atoms with Gasteiger partial charge in [-0.3, -0.25) is 0 Å². The van der Waals surface area contributed by atoms with Crippen LogP contribution in [-0.4, -0.2) is 30.0 Å². The van der Waals surface area contributed by atoms with Gasteiger partial charge in [0.1, 0.15) is 0 Å². The van der Waals surface area contributed by atoms with Crippen molar-refractivity contribution in [1.82, 2.24) is 0 Å². The van der Waals surface area contributed by atoms with Gasteiger partial charge in [-0.05, 0) is 0 Å². The maximum atomic E-state index is 7.17. The van der Waals surface area contributed by atoms with E-state index in [0.29, 0.717) is 0 Å². The van der Waals surface area contributed by atoms with Gasteiger partial charge in [-0.1, -0.05) is 0 Å². The van der Waals surface area contributed by atoms with Gasteiger partial charge in [-0.25, -0.2) is 0 Å². The average molecular weight is 502 g/mol. The van der Waals surface area contributed by atoms with Crippen molar-refractivity contribution < 1.29 is 12.2 Å². The van der Waals surface area contributed by atoms with Gasteiger partial charge in [0.05, 0.1) is 0 Å². The predicted octanol–water partition coefficient (Wildman–Crippen LogP) is 2.83. The summed E-state index contributed by atoms with van der Waals surface area (Å²) >= 11 is -4.03. The Hall–Kier alpha value is -2.44. The summed E-state index contributed by atoms with van der Waals surface area (Å²) in [6.07, 6.45) is 0. The molecule has 0 atom stereocenters. The van der Waals surface area contributed by atoms with Crippen LogP contribution in [0.1, 0.15) is 0 Å². The predicted molar refractivity (Wildman–Crippen MR) is 117 cm³/mol. The van der Waals surface area contributed by atoms with Crippen LogP contribution in [0, 0.1) is 0 Å². The summed E-state index contributed by atoms with van der Waals surface area (Å²) in [5, 5.41) is 0. The fourth-order valence-corrected chi connectivity index (χ4v) is 15.9. The fourth-order valence-electron chi connectivity index (χ4n) is 3.60. The quantitative estimate of drug-likeness (QED) is 0.395. The van der Waals surface area contributed by atoms with Crippen LogP contribution in [0.4, 0.5) is 0 Å². The first-order chi connectivity index (χ1) is 14.4. The Morgan fingerprint density at radius 2 is 0.690 bits per heavy atom. The minimum atomic E-state index is -2.02. The molecule has 2 aliphatic heterocycles. The molecular weight excluding hydrogens is 486 g/mol. The Bertz CT molecular complexity index is 1040. The molecule has 0 aliphatic carbocycles. The first-order valence-electron chi connectivity index (χ1n) is 9.39.